The minimum Gasteiger partial charge on any atom is -1.00 e. The topological polar surface area (TPSA) is 37.5 Å². The quantitative estimate of drug-likeness (QED) is 0.564. The Labute approximate surface area is 112 Å². The molecule has 0 bridgehead atoms. The van der Waals surface area contributed by atoms with E-state index in [1.165, 1.54) is 5.82 Å². The van der Waals surface area contributed by atoms with E-state index in [4.69, 9.17) is 0 Å². The van der Waals surface area contributed by atoms with Crippen LogP contribution < -0.4 is 17.0 Å². The molecule has 0 amide bonds. The van der Waals surface area contributed by atoms with Gasteiger partial charge >= 0.3 is 0 Å². The summed E-state index contributed by atoms with van der Waals surface area (Å²) in [5, 5.41) is 0. The van der Waals surface area contributed by atoms with Crippen LogP contribution in [0, 0.1) is 6.92 Å². The van der Waals surface area contributed by atoms with Crippen molar-refractivity contribution in [3.8, 4) is 0 Å². The zero-order valence-electron chi connectivity index (χ0n) is 10.4. The van der Waals surface area contributed by atoms with Crippen LogP contribution in [0.5, 0.6) is 0 Å². The van der Waals surface area contributed by atoms with Crippen molar-refractivity contribution in [1.29, 1.82) is 0 Å². The molecule has 0 spiro atoms. The standard InChI is InChI=1S/C13H15N4.ClH/c1-10-16(2)7-8-17(10)9-13-14-11-5-3-4-6-12(11)15-13;/h3-8H,9H2,1-2H3,(H,14,15);1H/q+1;/p-1. The van der Waals surface area contributed by atoms with Crippen LogP contribution >= 0.6 is 0 Å². The normalized spacial score (nSPS) is 10.6. The number of aryl methyl sites for hydroxylation is 1. The van der Waals surface area contributed by atoms with Crippen molar-refractivity contribution in [1.82, 2.24) is 14.5 Å². The molecule has 1 aromatic carbocycles. The number of benzene rings is 1. The second kappa shape index (κ2) is 4.82. The monoisotopic (exact) mass is 262 g/mol. The Hall–Kier alpha value is -1.81. The van der Waals surface area contributed by atoms with E-state index in [9.17, 15) is 0 Å². The van der Waals surface area contributed by atoms with E-state index in [-0.39, 0.29) is 12.4 Å². The van der Waals surface area contributed by atoms with Gasteiger partial charge in [-0.15, -0.1) is 0 Å². The van der Waals surface area contributed by atoms with Gasteiger partial charge in [0.15, 0.2) is 0 Å². The zero-order chi connectivity index (χ0) is 11.8. The summed E-state index contributed by atoms with van der Waals surface area (Å²) in [6, 6.07) is 8.10. The number of nitrogens with zero attached hydrogens (tertiary/aromatic N) is 3. The molecule has 94 valence electrons. The van der Waals surface area contributed by atoms with Crippen molar-refractivity contribution in [2.75, 3.05) is 0 Å². The summed E-state index contributed by atoms with van der Waals surface area (Å²) < 4.78 is 4.28. The smallest absolute Gasteiger partial charge is 0.253 e. The lowest BCUT2D eigenvalue weighted by atomic mass is 10.3. The van der Waals surface area contributed by atoms with Crippen molar-refractivity contribution in [2.24, 2.45) is 7.05 Å². The Morgan fingerprint density at radius 1 is 1.33 bits per heavy atom. The first-order valence-electron chi connectivity index (χ1n) is 5.69. The summed E-state index contributed by atoms with van der Waals surface area (Å²) in [4.78, 5) is 7.91. The van der Waals surface area contributed by atoms with Gasteiger partial charge in [0, 0.05) is 6.92 Å². The summed E-state index contributed by atoms with van der Waals surface area (Å²) in [6.07, 6.45) is 4.13. The Balaban J connectivity index is 0.00000120. The van der Waals surface area contributed by atoms with Gasteiger partial charge in [0.2, 0.25) is 0 Å². The number of aromatic nitrogens is 4. The number of rotatable bonds is 2. The minimum absolute atomic E-state index is 0. The third kappa shape index (κ3) is 2.11. The Kier molecular flexibility index (Phi) is 3.39. The third-order valence-corrected chi connectivity index (χ3v) is 3.15. The molecule has 0 saturated heterocycles. The molecule has 3 rings (SSSR count). The fraction of sp³-hybridized carbons (Fsp3) is 0.231. The van der Waals surface area contributed by atoms with Crippen LogP contribution in [-0.2, 0) is 13.6 Å². The van der Waals surface area contributed by atoms with Gasteiger partial charge in [0.05, 0.1) is 18.1 Å². The van der Waals surface area contributed by atoms with Gasteiger partial charge < -0.3 is 17.4 Å². The second-order valence-corrected chi connectivity index (χ2v) is 4.28. The van der Waals surface area contributed by atoms with E-state index in [2.05, 4.69) is 38.4 Å². The van der Waals surface area contributed by atoms with Gasteiger partial charge in [-0.25, -0.2) is 14.1 Å². The van der Waals surface area contributed by atoms with Crippen molar-refractivity contribution in [3.63, 3.8) is 0 Å². The summed E-state index contributed by atoms with van der Waals surface area (Å²) in [7, 11) is 2.05. The van der Waals surface area contributed by atoms with Gasteiger partial charge in [-0.2, -0.15) is 0 Å². The second-order valence-electron chi connectivity index (χ2n) is 4.28. The first-order chi connectivity index (χ1) is 8.24. The van der Waals surface area contributed by atoms with Crippen molar-refractivity contribution < 1.29 is 17.0 Å². The third-order valence-electron chi connectivity index (χ3n) is 3.15. The largest absolute Gasteiger partial charge is 1.00 e. The molecular weight excluding hydrogens is 248 g/mol. The van der Waals surface area contributed by atoms with Crippen LogP contribution in [-0.4, -0.2) is 14.5 Å². The molecule has 3 aromatic rings. The van der Waals surface area contributed by atoms with Crippen LogP contribution in [0.4, 0.5) is 0 Å². The molecule has 2 aromatic heterocycles. The van der Waals surface area contributed by atoms with E-state index in [1.54, 1.807) is 0 Å². The van der Waals surface area contributed by atoms with E-state index in [0.717, 1.165) is 23.4 Å². The fourth-order valence-corrected chi connectivity index (χ4v) is 2.01. The minimum atomic E-state index is 0. The number of fused-ring (bicyclic) bond motifs is 1. The van der Waals surface area contributed by atoms with Crippen LogP contribution in [0.1, 0.15) is 11.6 Å². The Morgan fingerprint density at radius 3 is 2.78 bits per heavy atom. The predicted octanol–water partition coefficient (Wildman–Crippen LogP) is -1.45. The van der Waals surface area contributed by atoms with Gasteiger partial charge in [0.1, 0.15) is 24.8 Å². The number of para-hydroxylation sites is 2. The molecule has 0 aliphatic carbocycles. The molecule has 0 aliphatic heterocycles. The highest BCUT2D eigenvalue weighted by atomic mass is 35.5. The van der Waals surface area contributed by atoms with Crippen LogP contribution in [0.2, 0.25) is 0 Å². The molecule has 18 heavy (non-hydrogen) atoms. The van der Waals surface area contributed by atoms with Crippen LogP contribution in [0.15, 0.2) is 36.7 Å². The van der Waals surface area contributed by atoms with E-state index < -0.39 is 0 Å². The Morgan fingerprint density at radius 2 is 2.11 bits per heavy atom. The van der Waals surface area contributed by atoms with Gasteiger partial charge in [-0.3, -0.25) is 0 Å². The lowest BCUT2D eigenvalue weighted by Crippen LogP contribution is -3.00. The molecule has 0 aliphatic rings. The average Bonchev–Trinajstić information content (AvgIpc) is 2.87. The van der Waals surface area contributed by atoms with E-state index in [1.807, 2.05) is 31.3 Å². The number of nitrogens with one attached hydrogen (secondary N) is 1. The first-order valence-corrected chi connectivity index (χ1v) is 5.69. The maximum atomic E-state index is 4.57. The van der Waals surface area contributed by atoms with Gasteiger partial charge in [-0.05, 0) is 12.1 Å². The maximum Gasteiger partial charge on any atom is 0.253 e. The lowest BCUT2D eigenvalue weighted by Gasteiger charge is -1.95. The SMILES string of the molecule is Cc1n(Cc2nc3ccccc3[nH]2)cc[n+]1C.[Cl-]. The molecular formula is C13H15ClN4. The number of aromatic amines is 1. The average molecular weight is 263 g/mol. The number of halogens is 1. The van der Waals surface area contributed by atoms with Crippen LogP contribution in [0.25, 0.3) is 11.0 Å². The lowest BCUT2D eigenvalue weighted by molar-refractivity contribution is -0.677. The molecule has 5 heteroatoms. The number of imidazole rings is 2. The van der Waals surface area contributed by atoms with Crippen LogP contribution in [0.3, 0.4) is 0 Å². The van der Waals surface area contributed by atoms with E-state index in [0.29, 0.717) is 0 Å². The summed E-state index contributed by atoms with van der Waals surface area (Å²) in [6.45, 7) is 2.88. The molecule has 0 saturated carbocycles. The molecule has 4 nitrogen and oxygen atoms in total. The van der Waals surface area contributed by atoms with Crippen molar-refractivity contribution >= 4 is 11.0 Å². The highest BCUT2D eigenvalue weighted by molar-refractivity contribution is 5.74. The summed E-state index contributed by atoms with van der Waals surface area (Å²) in [5.41, 5.74) is 2.12. The molecule has 1 N–H and O–H groups in total. The van der Waals surface area contributed by atoms with Crippen molar-refractivity contribution in [3.05, 3.63) is 48.3 Å². The molecule has 0 unspecified atom stereocenters. The number of hydrogen-bond donors (Lipinski definition) is 1. The van der Waals surface area contributed by atoms with Crippen molar-refractivity contribution in [2.45, 2.75) is 13.5 Å². The van der Waals surface area contributed by atoms with Gasteiger partial charge in [0.25, 0.3) is 5.82 Å². The predicted molar refractivity (Wildman–Crippen MR) is 65.5 cm³/mol. The molecule has 0 atom stereocenters. The van der Waals surface area contributed by atoms with E-state index >= 15 is 0 Å². The Bertz CT molecular complexity index is 635. The zero-order valence-corrected chi connectivity index (χ0v) is 11.1. The highest BCUT2D eigenvalue weighted by Gasteiger charge is 2.11. The number of hydrogen-bond acceptors (Lipinski definition) is 1. The summed E-state index contributed by atoms with van der Waals surface area (Å²) in [5.74, 6) is 2.20. The molecule has 0 fully saturated rings. The fourth-order valence-electron chi connectivity index (χ4n) is 2.01. The van der Waals surface area contributed by atoms with Gasteiger partial charge in [-0.1, -0.05) is 12.1 Å². The maximum absolute atomic E-state index is 4.57. The first kappa shape index (κ1) is 12.6. The molecule has 2 heterocycles. The summed E-state index contributed by atoms with van der Waals surface area (Å²) >= 11 is 0. The highest BCUT2D eigenvalue weighted by Crippen LogP contribution is 2.11. The molecule has 0 radical (unpaired) electrons. The number of H-pyrrole nitrogens is 1.